The Balaban J connectivity index is 2.26. The zero-order valence-electron chi connectivity index (χ0n) is 11.3. The van der Waals surface area contributed by atoms with Gasteiger partial charge in [-0.15, -0.1) is 0 Å². The van der Waals surface area contributed by atoms with E-state index in [1.807, 2.05) is 29.2 Å². The predicted octanol–water partition coefficient (Wildman–Crippen LogP) is 3.24. The summed E-state index contributed by atoms with van der Waals surface area (Å²) in [6, 6.07) is 7.79. The number of rotatable bonds is 3. The van der Waals surface area contributed by atoms with Crippen LogP contribution in [0.2, 0.25) is 0 Å². The van der Waals surface area contributed by atoms with Gasteiger partial charge in [-0.25, -0.2) is 0 Å². The Kier molecular flexibility index (Phi) is 3.90. The predicted molar refractivity (Wildman–Crippen MR) is 73.0 cm³/mol. The molecule has 1 aliphatic rings. The van der Waals surface area contributed by atoms with Crippen LogP contribution in [0.3, 0.4) is 0 Å². The summed E-state index contributed by atoms with van der Waals surface area (Å²) in [5.41, 5.74) is 0.910. The van der Waals surface area contributed by atoms with Crippen LogP contribution in [-0.2, 0) is 4.79 Å². The molecule has 1 amide bonds. The second kappa shape index (κ2) is 5.42. The van der Waals surface area contributed by atoms with E-state index in [2.05, 4.69) is 20.8 Å². The number of anilines is 1. The lowest BCUT2D eigenvalue weighted by Crippen LogP contribution is -2.43. The second-order valence-electron chi connectivity index (χ2n) is 5.22. The Morgan fingerprint density at radius 3 is 2.83 bits per heavy atom. The number of para-hydroxylation sites is 2. The summed E-state index contributed by atoms with van der Waals surface area (Å²) in [6.45, 7) is 6.89. The number of nitrogens with zero attached hydrogens (tertiary/aromatic N) is 1. The van der Waals surface area contributed by atoms with Gasteiger partial charge in [0.1, 0.15) is 11.9 Å². The molecule has 3 heteroatoms. The number of hydrogen-bond acceptors (Lipinski definition) is 2. The van der Waals surface area contributed by atoms with Crippen molar-refractivity contribution in [3.63, 3.8) is 0 Å². The Hall–Kier alpha value is -1.51. The molecule has 1 aromatic rings. The standard InChI is InChI=1S/C15H21NO2/c1-4-12-10-16(15(17)9-11(2)3)13-7-5-6-8-14(13)18-12/h5-8,11-12H,4,9-10H2,1-3H3. The van der Waals surface area contributed by atoms with Crippen LogP contribution in [0, 0.1) is 5.92 Å². The normalized spacial score (nSPS) is 18.4. The van der Waals surface area contributed by atoms with Crippen molar-refractivity contribution in [3.05, 3.63) is 24.3 Å². The molecule has 98 valence electrons. The van der Waals surface area contributed by atoms with Gasteiger partial charge in [0.05, 0.1) is 12.2 Å². The Bertz CT molecular complexity index is 428. The highest BCUT2D eigenvalue weighted by Crippen LogP contribution is 2.34. The summed E-state index contributed by atoms with van der Waals surface area (Å²) in [4.78, 5) is 14.2. The van der Waals surface area contributed by atoms with Gasteiger partial charge in [0.15, 0.2) is 0 Å². The SMILES string of the molecule is CCC1CN(C(=O)CC(C)C)c2ccccc2O1. The molecule has 2 rings (SSSR count). The highest BCUT2D eigenvalue weighted by Gasteiger charge is 2.28. The van der Waals surface area contributed by atoms with Gasteiger partial charge in [0.2, 0.25) is 5.91 Å². The Morgan fingerprint density at radius 1 is 1.44 bits per heavy atom. The summed E-state index contributed by atoms with van der Waals surface area (Å²) in [5, 5.41) is 0. The molecule has 0 spiro atoms. The van der Waals surface area contributed by atoms with Crippen molar-refractivity contribution in [2.45, 2.75) is 39.7 Å². The van der Waals surface area contributed by atoms with Gasteiger partial charge < -0.3 is 9.64 Å². The molecular formula is C15H21NO2. The lowest BCUT2D eigenvalue weighted by Gasteiger charge is -2.35. The third kappa shape index (κ3) is 2.66. The zero-order valence-corrected chi connectivity index (χ0v) is 11.3. The average molecular weight is 247 g/mol. The van der Waals surface area contributed by atoms with E-state index in [4.69, 9.17) is 4.74 Å². The summed E-state index contributed by atoms with van der Waals surface area (Å²) < 4.78 is 5.87. The molecule has 18 heavy (non-hydrogen) atoms. The van der Waals surface area contributed by atoms with Crippen molar-refractivity contribution in [1.29, 1.82) is 0 Å². The number of carbonyl (C=O) groups is 1. The van der Waals surface area contributed by atoms with Crippen molar-refractivity contribution in [2.75, 3.05) is 11.4 Å². The van der Waals surface area contributed by atoms with Crippen LogP contribution in [0.4, 0.5) is 5.69 Å². The van der Waals surface area contributed by atoms with Gasteiger partial charge in [0, 0.05) is 6.42 Å². The number of carbonyl (C=O) groups excluding carboxylic acids is 1. The quantitative estimate of drug-likeness (QED) is 0.820. The fraction of sp³-hybridized carbons (Fsp3) is 0.533. The third-order valence-corrected chi connectivity index (χ3v) is 3.18. The first-order valence-electron chi connectivity index (χ1n) is 6.67. The first-order chi connectivity index (χ1) is 8.61. The molecule has 1 aromatic carbocycles. The third-order valence-electron chi connectivity index (χ3n) is 3.18. The molecule has 3 nitrogen and oxygen atoms in total. The molecule has 0 aliphatic carbocycles. The Labute approximate surface area is 109 Å². The van der Waals surface area contributed by atoms with Gasteiger partial charge >= 0.3 is 0 Å². The van der Waals surface area contributed by atoms with Crippen LogP contribution in [0.15, 0.2) is 24.3 Å². The highest BCUT2D eigenvalue weighted by molar-refractivity contribution is 5.95. The first kappa shape index (κ1) is 12.9. The molecule has 0 saturated carbocycles. The van der Waals surface area contributed by atoms with Crippen LogP contribution in [0.25, 0.3) is 0 Å². The van der Waals surface area contributed by atoms with Gasteiger partial charge in [-0.3, -0.25) is 4.79 Å². The molecule has 0 bridgehead atoms. The lowest BCUT2D eigenvalue weighted by molar-refractivity contribution is -0.119. The van der Waals surface area contributed by atoms with Crippen molar-refractivity contribution in [1.82, 2.24) is 0 Å². The molecule has 0 aromatic heterocycles. The average Bonchev–Trinajstić information content (AvgIpc) is 2.36. The van der Waals surface area contributed by atoms with Gasteiger partial charge in [0.25, 0.3) is 0 Å². The maximum Gasteiger partial charge on any atom is 0.227 e. The van der Waals surface area contributed by atoms with Crippen molar-refractivity contribution < 1.29 is 9.53 Å². The number of fused-ring (bicyclic) bond motifs is 1. The molecule has 1 unspecified atom stereocenters. The number of benzene rings is 1. The van der Waals surface area contributed by atoms with Crippen molar-refractivity contribution in [3.8, 4) is 5.75 Å². The van der Waals surface area contributed by atoms with E-state index in [-0.39, 0.29) is 12.0 Å². The second-order valence-corrected chi connectivity index (χ2v) is 5.22. The number of amides is 1. The summed E-state index contributed by atoms with van der Waals surface area (Å²) in [5.74, 6) is 1.40. The topological polar surface area (TPSA) is 29.5 Å². The van der Waals surface area contributed by atoms with E-state index in [9.17, 15) is 4.79 Å². The number of ether oxygens (including phenoxy) is 1. The van der Waals surface area contributed by atoms with Crippen LogP contribution < -0.4 is 9.64 Å². The van der Waals surface area contributed by atoms with E-state index < -0.39 is 0 Å². The van der Waals surface area contributed by atoms with Crippen molar-refractivity contribution in [2.24, 2.45) is 5.92 Å². The van der Waals surface area contributed by atoms with E-state index in [1.165, 1.54) is 0 Å². The van der Waals surface area contributed by atoms with E-state index in [0.717, 1.165) is 17.9 Å². The minimum Gasteiger partial charge on any atom is -0.486 e. The summed E-state index contributed by atoms with van der Waals surface area (Å²) in [6.07, 6.45) is 1.61. The van der Waals surface area contributed by atoms with E-state index in [1.54, 1.807) is 0 Å². The first-order valence-corrected chi connectivity index (χ1v) is 6.67. The zero-order chi connectivity index (χ0) is 13.1. The molecule has 0 radical (unpaired) electrons. The summed E-state index contributed by atoms with van der Waals surface area (Å²) >= 11 is 0. The van der Waals surface area contributed by atoms with E-state index in [0.29, 0.717) is 18.9 Å². The summed E-state index contributed by atoms with van der Waals surface area (Å²) in [7, 11) is 0. The minimum absolute atomic E-state index is 0.107. The largest absolute Gasteiger partial charge is 0.486 e. The van der Waals surface area contributed by atoms with Crippen LogP contribution in [0.5, 0.6) is 5.75 Å². The molecule has 1 aliphatic heterocycles. The van der Waals surface area contributed by atoms with Crippen molar-refractivity contribution >= 4 is 11.6 Å². The van der Waals surface area contributed by atoms with Gasteiger partial charge in [-0.1, -0.05) is 32.9 Å². The minimum atomic E-state index is 0.107. The molecular weight excluding hydrogens is 226 g/mol. The fourth-order valence-electron chi connectivity index (χ4n) is 2.21. The Morgan fingerprint density at radius 2 is 2.17 bits per heavy atom. The molecule has 0 N–H and O–H groups in total. The smallest absolute Gasteiger partial charge is 0.227 e. The van der Waals surface area contributed by atoms with Crippen LogP contribution in [-0.4, -0.2) is 18.6 Å². The highest BCUT2D eigenvalue weighted by atomic mass is 16.5. The van der Waals surface area contributed by atoms with E-state index >= 15 is 0 Å². The molecule has 1 heterocycles. The lowest BCUT2D eigenvalue weighted by atomic mass is 10.1. The van der Waals surface area contributed by atoms with Gasteiger partial charge in [-0.2, -0.15) is 0 Å². The van der Waals surface area contributed by atoms with Crippen LogP contribution >= 0.6 is 0 Å². The number of hydrogen-bond donors (Lipinski definition) is 0. The molecule has 1 atom stereocenters. The fourth-order valence-corrected chi connectivity index (χ4v) is 2.21. The maximum atomic E-state index is 12.3. The molecule has 0 fully saturated rings. The molecule has 0 saturated heterocycles. The monoisotopic (exact) mass is 247 g/mol. The van der Waals surface area contributed by atoms with Crippen LogP contribution in [0.1, 0.15) is 33.6 Å². The maximum absolute atomic E-state index is 12.3. The van der Waals surface area contributed by atoms with Gasteiger partial charge in [-0.05, 0) is 24.5 Å².